The summed E-state index contributed by atoms with van der Waals surface area (Å²) in [6, 6.07) is 15.5. The third-order valence-electron chi connectivity index (χ3n) is 4.77. The minimum atomic E-state index is -0.645. The summed E-state index contributed by atoms with van der Waals surface area (Å²) in [5, 5.41) is 10.9. The van der Waals surface area contributed by atoms with Gasteiger partial charge in [-0.15, -0.1) is 0 Å². The lowest BCUT2D eigenvalue weighted by atomic mass is 9.95. The number of hydrogen-bond donors (Lipinski definition) is 1. The number of Topliss-reactive ketones (excluding diaryl/α,β-unsaturated/α-hetero) is 1. The lowest BCUT2D eigenvalue weighted by Gasteiger charge is -2.25. The Bertz CT molecular complexity index is 856. The van der Waals surface area contributed by atoms with E-state index in [1.165, 1.54) is 0 Å². The van der Waals surface area contributed by atoms with Gasteiger partial charge in [-0.1, -0.05) is 43.7 Å². The van der Waals surface area contributed by atoms with Crippen LogP contribution in [-0.2, 0) is 9.59 Å². The van der Waals surface area contributed by atoms with E-state index in [4.69, 9.17) is 4.74 Å². The number of benzene rings is 2. The number of ketones is 1. The lowest BCUT2D eigenvalue weighted by Crippen LogP contribution is -2.30. The summed E-state index contributed by atoms with van der Waals surface area (Å²) in [6.45, 7) is 2.51. The second-order valence-electron chi connectivity index (χ2n) is 6.49. The zero-order chi connectivity index (χ0) is 19.4. The topological polar surface area (TPSA) is 66.8 Å². The minimum absolute atomic E-state index is 0.132. The Labute approximate surface area is 158 Å². The average molecular weight is 365 g/mol. The third kappa shape index (κ3) is 3.58. The molecule has 0 radical (unpaired) electrons. The van der Waals surface area contributed by atoms with Crippen molar-refractivity contribution < 1.29 is 19.4 Å². The van der Waals surface area contributed by atoms with Crippen LogP contribution in [0.2, 0.25) is 0 Å². The highest BCUT2D eigenvalue weighted by molar-refractivity contribution is 6.46. The van der Waals surface area contributed by atoms with Gasteiger partial charge in [0.15, 0.2) is 0 Å². The van der Waals surface area contributed by atoms with Gasteiger partial charge in [0.1, 0.15) is 11.5 Å². The van der Waals surface area contributed by atoms with Crippen molar-refractivity contribution in [2.75, 3.05) is 13.7 Å². The summed E-state index contributed by atoms with van der Waals surface area (Å²) in [5.74, 6) is -0.723. The molecule has 0 aliphatic carbocycles. The Morgan fingerprint density at radius 3 is 2.33 bits per heavy atom. The molecule has 27 heavy (non-hydrogen) atoms. The fraction of sp³-hybridized carbons (Fsp3) is 0.273. The van der Waals surface area contributed by atoms with Crippen LogP contribution in [0.4, 0.5) is 0 Å². The van der Waals surface area contributed by atoms with Gasteiger partial charge in [-0.25, -0.2) is 0 Å². The van der Waals surface area contributed by atoms with Crippen molar-refractivity contribution in [1.29, 1.82) is 0 Å². The van der Waals surface area contributed by atoms with E-state index in [0.717, 1.165) is 18.4 Å². The highest BCUT2D eigenvalue weighted by Crippen LogP contribution is 2.39. The largest absolute Gasteiger partial charge is 0.507 e. The number of methoxy groups -OCH3 is 1. The maximum absolute atomic E-state index is 12.8. The van der Waals surface area contributed by atoms with E-state index in [1.54, 1.807) is 36.3 Å². The number of hydrogen-bond acceptors (Lipinski definition) is 4. The van der Waals surface area contributed by atoms with Gasteiger partial charge in [0.2, 0.25) is 0 Å². The van der Waals surface area contributed by atoms with Gasteiger partial charge >= 0.3 is 0 Å². The molecule has 1 N–H and O–H groups in total. The minimum Gasteiger partial charge on any atom is -0.507 e. The van der Waals surface area contributed by atoms with Gasteiger partial charge < -0.3 is 14.7 Å². The molecule has 1 aliphatic heterocycles. The number of nitrogens with zero attached hydrogens (tertiary/aromatic N) is 1. The van der Waals surface area contributed by atoms with Crippen molar-refractivity contribution in [3.8, 4) is 5.75 Å². The fourth-order valence-corrected chi connectivity index (χ4v) is 3.33. The second kappa shape index (κ2) is 8.08. The van der Waals surface area contributed by atoms with Gasteiger partial charge in [0.05, 0.1) is 18.7 Å². The number of likely N-dealkylation sites (tertiary alicyclic amines) is 1. The molecule has 1 aliphatic rings. The number of amides is 1. The van der Waals surface area contributed by atoms with E-state index in [2.05, 4.69) is 0 Å². The first kappa shape index (κ1) is 18.7. The Kier molecular flexibility index (Phi) is 5.60. The monoisotopic (exact) mass is 365 g/mol. The molecule has 1 heterocycles. The SMILES string of the molecule is CCCCN1C(=O)C(=O)/C(=C(/O)c2ccc(OC)cc2)C1c1ccccc1. The highest BCUT2D eigenvalue weighted by Gasteiger charge is 2.45. The molecule has 0 spiro atoms. The van der Waals surface area contributed by atoms with E-state index in [9.17, 15) is 14.7 Å². The summed E-state index contributed by atoms with van der Waals surface area (Å²) in [6.07, 6.45) is 1.70. The van der Waals surface area contributed by atoms with E-state index in [0.29, 0.717) is 17.9 Å². The summed E-state index contributed by atoms with van der Waals surface area (Å²) >= 11 is 0. The van der Waals surface area contributed by atoms with Gasteiger partial charge in [0, 0.05) is 12.1 Å². The van der Waals surface area contributed by atoms with Crippen LogP contribution in [-0.4, -0.2) is 35.4 Å². The fourth-order valence-electron chi connectivity index (χ4n) is 3.33. The number of aliphatic hydroxyl groups excluding tert-OH is 1. The predicted molar refractivity (Wildman–Crippen MR) is 103 cm³/mol. The van der Waals surface area contributed by atoms with Crippen LogP contribution in [0.5, 0.6) is 5.75 Å². The van der Waals surface area contributed by atoms with Crippen molar-refractivity contribution in [2.24, 2.45) is 0 Å². The molecule has 5 heteroatoms. The van der Waals surface area contributed by atoms with Crippen molar-refractivity contribution in [3.63, 3.8) is 0 Å². The number of carbonyl (C=O) groups excluding carboxylic acids is 2. The smallest absolute Gasteiger partial charge is 0.295 e. The zero-order valence-electron chi connectivity index (χ0n) is 15.5. The molecular formula is C22H23NO4. The molecule has 1 amide bonds. The zero-order valence-corrected chi connectivity index (χ0v) is 15.5. The number of ether oxygens (including phenoxy) is 1. The van der Waals surface area contributed by atoms with Crippen LogP contribution < -0.4 is 4.74 Å². The van der Waals surface area contributed by atoms with Gasteiger partial charge in [0.25, 0.3) is 11.7 Å². The summed E-state index contributed by atoms with van der Waals surface area (Å²) in [4.78, 5) is 27.0. The predicted octanol–water partition coefficient (Wildman–Crippen LogP) is 3.92. The van der Waals surface area contributed by atoms with E-state index in [1.807, 2.05) is 37.3 Å². The van der Waals surface area contributed by atoms with E-state index in [-0.39, 0.29) is 11.3 Å². The van der Waals surface area contributed by atoms with Crippen molar-refractivity contribution in [3.05, 3.63) is 71.3 Å². The number of carbonyl (C=O) groups is 2. The Morgan fingerprint density at radius 2 is 1.74 bits per heavy atom. The summed E-state index contributed by atoms with van der Waals surface area (Å²) in [5.41, 5.74) is 1.42. The van der Waals surface area contributed by atoms with E-state index < -0.39 is 17.7 Å². The number of unbranched alkanes of at least 4 members (excludes halogenated alkanes) is 1. The molecule has 2 aromatic rings. The highest BCUT2D eigenvalue weighted by atomic mass is 16.5. The average Bonchev–Trinajstić information content (AvgIpc) is 2.97. The second-order valence-corrected chi connectivity index (χ2v) is 6.49. The van der Waals surface area contributed by atoms with Crippen molar-refractivity contribution in [2.45, 2.75) is 25.8 Å². The first-order valence-corrected chi connectivity index (χ1v) is 9.06. The first-order chi connectivity index (χ1) is 13.1. The van der Waals surface area contributed by atoms with Crippen LogP contribution in [0.15, 0.2) is 60.2 Å². The van der Waals surface area contributed by atoms with E-state index >= 15 is 0 Å². The first-order valence-electron chi connectivity index (χ1n) is 9.06. The Balaban J connectivity index is 2.11. The molecule has 1 atom stereocenters. The number of rotatable bonds is 6. The molecule has 1 saturated heterocycles. The molecule has 3 rings (SSSR count). The molecule has 0 aromatic heterocycles. The quantitative estimate of drug-likeness (QED) is 0.479. The maximum atomic E-state index is 12.8. The standard InChI is InChI=1S/C22H23NO4/c1-3-4-14-23-19(15-8-6-5-7-9-15)18(21(25)22(23)26)20(24)16-10-12-17(27-2)13-11-16/h5-13,19,24H,3-4,14H2,1-2H3/b20-18+. The molecule has 2 aromatic carbocycles. The number of aliphatic hydroxyl groups is 1. The molecule has 1 fully saturated rings. The molecular weight excluding hydrogens is 342 g/mol. The molecule has 5 nitrogen and oxygen atoms in total. The van der Waals surface area contributed by atoms with Gasteiger partial charge in [-0.2, -0.15) is 0 Å². The van der Waals surface area contributed by atoms with Crippen LogP contribution >= 0.6 is 0 Å². The van der Waals surface area contributed by atoms with Crippen LogP contribution in [0.3, 0.4) is 0 Å². The Morgan fingerprint density at radius 1 is 1.07 bits per heavy atom. The van der Waals surface area contributed by atoms with Crippen LogP contribution in [0, 0.1) is 0 Å². The van der Waals surface area contributed by atoms with Crippen LogP contribution in [0.1, 0.15) is 36.9 Å². The van der Waals surface area contributed by atoms with Gasteiger partial charge in [-0.05, 0) is 36.2 Å². The third-order valence-corrected chi connectivity index (χ3v) is 4.77. The van der Waals surface area contributed by atoms with Gasteiger partial charge in [-0.3, -0.25) is 9.59 Å². The lowest BCUT2D eigenvalue weighted by molar-refractivity contribution is -0.139. The molecule has 0 saturated carbocycles. The maximum Gasteiger partial charge on any atom is 0.295 e. The Hall–Kier alpha value is -3.08. The normalized spacial score (nSPS) is 18.7. The van der Waals surface area contributed by atoms with Crippen LogP contribution in [0.25, 0.3) is 5.76 Å². The van der Waals surface area contributed by atoms with Crippen molar-refractivity contribution in [1.82, 2.24) is 4.90 Å². The summed E-state index contributed by atoms with van der Waals surface area (Å²) in [7, 11) is 1.56. The molecule has 140 valence electrons. The summed E-state index contributed by atoms with van der Waals surface area (Å²) < 4.78 is 5.14. The molecule has 0 bridgehead atoms. The van der Waals surface area contributed by atoms with Crippen molar-refractivity contribution >= 4 is 17.4 Å². The molecule has 1 unspecified atom stereocenters.